The molecule has 0 saturated heterocycles. The summed E-state index contributed by atoms with van der Waals surface area (Å²) in [5.41, 5.74) is 6.19. The minimum atomic E-state index is -0.837. The van der Waals surface area contributed by atoms with Crippen LogP contribution in [0.5, 0.6) is 5.75 Å². The number of nitro groups is 1. The lowest BCUT2D eigenvalue weighted by molar-refractivity contribution is -0.384. The number of nitrogens with one attached hydrogen (secondary N) is 3. The van der Waals surface area contributed by atoms with Crippen molar-refractivity contribution in [2.24, 2.45) is 7.05 Å². The lowest BCUT2D eigenvalue weighted by Crippen LogP contribution is -2.44. The summed E-state index contributed by atoms with van der Waals surface area (Å²) in [6.45, 7) is 6.34. The van der Waals surface area contributed by atoms with Crippen LogP contribution in [0.25, 0.3) is 22.2 Å². The Morgan fingerprint density at radius 1 is 1.09 bits per heavy atom. The van der Waals surface area contributed by atoms with Gasteiger partial charge in [-0.1, -0.05) is 18.2 Å². The van der Waals surface area contributed by atoms with E-state index in [1.54, 1.807) is 38.8 Å². The number of rotatable bonds is 10. The average molecular weight is 634 g/mol. The van der Waals surface area contributed by atoms with Gasteiger partial charge in [-0.15, -0.1) is 0 Å². The van der Waals surface area contributed by atoms with Gasteiger partial charge in [0.25, 0.3) is 11.6 Å². The molecular formula is C31H39N9O6. The summed E-state index contributed by atoms with van der Waals surface area (Å²) in [6.07, 6.45) is 2.30. The Labute approximate surface area is 266 Å². The SMILES string of the molecule is COc1cc(N(C)CCN(C)C)c([N+](=O)[O-])cc1Nc1ncc(C(=O)NNC(=O)OC(C)(C)C)c(-c2cn(C)c3ccccc23)n1. The summed E-state index contributed by atoms with van der Waals surface area (Å²) < 4.78 is 12.7. The minimum Gasteiger partial charge on any atom is -0.494 e. The normalized spacial score (nSPS) is 11.3. The van der Waals surface area contributed by atoms with Crippen LogP contribution in [0.2, 0.25) is 0 Å². The fourth-order valence-electron chi connectivity index (χ4n) is 4.69. The molecule has 0 atom stereocenters. The van der Waals surface area contributed by atoms with Gasteiger partial charge in [0.05, 0.1) is 29.0 Å². The van der Waals surface area contributed by atoms with Crippen molar-refractivity contribution in [2.75, 3.05) is 51.6 Å². The minimum absolute atomic E-state index is 0.0564. The standard InChI is InChI=1S/C31H39N9O6/c1-31(2,3)46-30(42)36-35-28(41)20-17-32-29(34-27(20)21-18-39(7)23-12-10-9-11-19(21)23)33-22-15-25(40(43)44)24(16-26(22)45-8)38(6)14-13-37(4)5/h9-12,15-18H,13-14H2,1-8H3,(H,35,41)(H,36,42)(H,32,33,34). The second-order valence-electron chi connectivity index (χ2n) is 11.9. The quantitative estimate of drug-likeness (QED) is 0.166. The number of benzene rings is 2. The van der Waals surface area contributed by atoms with Crippen molar-refractivity contribution in [3.8, 4) is 17.0 Å². The molecule has 0 aliphatic rings. The average Bonchev–Trinajstić information content (AvgIpc) is 3.33. The summed E-state index contributed by atoms with van der Waals surface area (Å²) >= 11 is 0. The van der Waals surface area contributed by atoms with Crippen LogP contribution in [0.1, 0.15) is 31.1 Å². The number of hydrazine groups is 1. The Kier molecular flexibility index (Phi) is 9.95. The van der Waals surface area contributed by atoms with Crippen molar-refractivity contribution in [1.29, 1.82) is 0 Å². The maximum absolute atomic E-state index is 13.3. The highest BCUT2D eigenvalue weighted by Gasteiger charge is 2.25. The number of hydrogen-bond donors (Lipinski definition) is 3. The number of aromatic nitrogens is 3. The monoisotopic (exact) mass is 633 g/mol. The van der Waals surface area contributed by atoms with Gasteiger partial charge in [-0.3, -0.25) is 20.3 Å². The molecule has 4 aromatic rings. The maximum atomic E-state index is 13.3. The molecule has 0 radical (unpaired) electrons. The molecule has 2 amide bonds. The largest absolute Gasteiger partial charge is 0.494 e. The summed E-state index contributed by atoms with van der Waals surface area (Å²) in [6, 6.07) is 10.6. The number of nitrogens with zero attached hydrogens (tertiary/aromatic N) is 6. The molecule has 0 fully saturated rings. The molecule has 0 unspecified atom stereocenters. The first-order valence-corrected chi connectivity index (χ1v) is 14.4. The van der Waals surface area contributed by atoms with E-state index in [0.29, 0.717) is 30.1 Å². The smallest absolute Gasteiger partial charge is 0.426 e. The number of carbonyl (C=O) groups excluding carboxylic acids is 2. The summed E-state index contributed by atoms with van der Waals surface area (Å²) in [5.74, 6) is -0.296. The van der Waals surface area contributed by atoms with Gasteiger partial charge < -0.3 is 29.2 Å². The van der Waals surface area contributed by atoms with Crippen molar-refractivity contribution in [3.63, 3.8) is 0 Å². The molecule has 2 aromatic carbocycles. The number of methoxy groups -OCH3 is 1. The number of fused-ring (bicyclic) bond motifs is 1. The fraction of sp³-hybridized carbons (Fsp3) is 0.355. The van der Waals surface area contributed by atoms with E-state index in [2.05, 4.69) is 26.1 Å². The van der Waals surface area contributed by atoms with Gasteiger partial charge >= 0.3 is 6.09 Å². The molecule has 0 spiro atoms. The number of aryl methyl sites for hydroxylation is 1. The molecule has 0 aliphatic carbocycles. The molecule has 2 heterocycles. The first kappa shape index (κ1) is 33.5. The molecule has 15 heteroatoms. The van der Waals surface area contributed by atoms with E-state index in [0.717, 1.165) is 10.9 Å². The van der Waals surface area contributed by atoms with E-state index >= 15 is 0 Å². The number of ether oxygens (including phenoxy) is 2. The van der Waals surface area contributed by atoms with Gasteiger partial charge in [0.1, 0.15) is 17.0 Å². The van der Waals surface area contributed by atoms with E-state index in [-0.39, 0.29) is 28.6 Å². The number of carbonyl (C=O) groups is 2. The van der Waals surface area contributed by atoms with E-state index in [9.17, 15) is 19.7 Å². The predicted octanol–water partition coefficient (Wildman–Crippen LogP) is 4.46. The van der Waals surface area contributed by atoms with Gasteiger partial charge in [0.15, 0.2) is 0 Å². The second kappa shape index (κ2) is 13.7. The van der Waals surface area contributed by atoms with Gasteiger partial charge in [-0.05, 0) is 40.9 Å². The van der Waals surface area contributed by atoms with Crippen molar-refractivity contribution in [2.45, 2.75) is 26.4 Å². The van der Waals surface area contributed by atoms with Crippen LogP contribution in [0.3, 0.4) is 0 Å². The third kappa shape index (κ3) is 7.79. The zero-order valence-corrected chi connectivity index (χ0v) is 27.2. The molecule has 0 bridgehead atoms. The third-order valence-corrected chi connectivity index (χ3v) is 6.90. The van der Waals surface area contributed by atoms with Crippen LogP contribution >= 0.6 is 0 Å². The van der Waals surface area contributed by atoms with Crippen LogP contribution in [-0.4, -0.2) is 83.3 Å². The van der Waals surface area contributed by atoms with Crippen molar-refractivity contribution < 1.29 is 24.0 Å². The Bertz CT molecular complexity index is 1760. The van der Waals surface area contributed by atoms with Gasteiger partial charge in [0.2, 0.25) is 5.95 Å². The van der Waals surface area contributed by atoms with Gasteiger partial charge in [0, 0.05) is 68.2 Å². The Balaban J connectivity index is 1.76. The van der Waals surface area contributed by atoms with E-state index < -0.39 is 22.5 Å². The molecule has 0 saturated carbocycles. The molecule has 3 N–H and O–H groups in total. The van der Waals surface area contributed by atoms with Gasteiger partial charge in [-0.25, -0.2) is 20.2 Å². The number of amides is 2. The zero-order valence-electron chi connectivity index (χ0n) is 27.2. The van der Waals surface area contributed by atoms with E-state index in [4.69, 9.17) is 9.47 Å². The molecule has 244 valence electrons. The molecule has 0 aliphatic heterocycles. The topological polar surface area (TPSA) is 169 Å². The maximum Gasteiger partial charge on any atom is 0.426 e. The first-order valence-electron chi connectivity index (χ1n) is 14.4. The van der Waals surface area contributed by atoms with E-state index in [1.807, 2.05) is 61.1 Å². The zero-order chi connectivity index (χ0) is 33.8. The van der Waals surface area contributed by atoms with Crippen molar-refractivity contribution in [1.82, 2.24) is 30.3 Å². The number of anilines is 3. The van der Waals surface area contributed by atoms with Crippen LogP contribution < -0.4 is 25.8 Å². The first-order chi connectivity index (χ1) is 21.7. The number of para-hydroxylation sites is 1. The van der Waals surface area contributed by atoms with E-state index in [1.165, 1.54) is 19.4 Å². The van der Waals surface area contributed by atoms with Gasteiger partial charge in [-0.2, -0.15) is 0 Å². The number of hydrogen-bond acceptors (Lipinski definition) is 11. The van der Waals surface area contributed by atoms with Crippen molar-refractivity contribution in [3.05, 3.63) is 64.5 Å². The Morgan fingerprint density at radius 3 is 2.46 bits per heavy atom. The number of nitro benzene ring substituents is 1. The van der Waals surface area contributed by atoms with Crippen LogP contribution in [-0.2, 0) is 11.8 Å². The lowest BCUT2D eigenvalue weighted by Gasteiger charge is -2.23. The number of likely N-dealkylation sites (N-methyl/N-ethyl adjacent to an activating group) is 2. The van der Waals surface area contributed by atoms with Crippen molar-refractivity contribution >= 4 is 45.9 Å². The highest BCUT2D eigenvalue weighted by molar-refractivity contribution is 6.05. The lowest BCUT2D eigenvalue weighted by atomic mass is 10.1. The highest BCUT2D eigenvalue weighted by Crippen LogP contribution is 2.39. The fourth-order valence-corrected chi connectivity index (χ4v) is 4.69. The predicted molar refractivity (Wildman–Crippen MR) is 176 cm³/mol. The van der Waals surface area contributed by atoms with Crippen LogP contribution in [0.4, 0.5) is 27.8 Å². The molecule has 15 nitrogen and oxygen atoms in total. The molecule has 4 rings (SSSR count). The summed E-state index contributed by atoms with van der Waals surface area (Å²) in [4.78, 5) is 50.0. The third-order valence-electron chi connectivity index (χ3n) is 6.90. The highest BCUT2D eigenvalue weighted by atomic mass is 16.6. The van der Waals surface area contributed by atoms with Crippen LogP contribution in [0.15, 0.2) is 48.8 Å². The Morgan fingerprint density at radius 2 is 1.80 bits per heavy atom. The summed E-state index contributed by atoms with van der Waals surface area (Å²) in [5, 5.41) is 16.0. The molecule has 46 heavy (non-hydrogen) atoms. The van der Waals surface area contributed by atoms with Crippen LogP contribution in [0, 0.1) is 10.1 Å². The Hall–Kier alpha value is -5.44. The molecule has 2 aromatic heterocycles. The molecular weight excluding hydrogens is 594 g/mol. The second-order valence-corrected chi connectivity index (χ2v) is 11.9. The summed E-state index contributed by atoms with van der Waals surface area (Å²) in [7, 11) is 8.96.